The van der Waals surface area contributed by atoms with E-state index in [4.69, 9.17) is 28.9 Å². The second kappa shape index (κ2) is 12.8. The monoisotopic (exact) mass is 544 g/mol. The van der Waals surface area contributed by atoms with E-state index in [1.807, 2.05) is 24.6 Å². The van der Waals surface area contributed by atoms with Crippen LogP contribution >= 0.6 is 47.2 Å². The average Bonchev–Trinajstić information content (AvgIpc) is 2.90. The maximum atomic E-state index is 11.4. The van der Waals surface area contributed by atoms with E-state index < -0.39 is 0 Å². The molecule has 1 aromatic rings. The first kappa shape index (κ1) is 25.3. The summed E-state index contributed by atoms with van der Waals surface area (Å²) in [5.74, 6) is 0.578. The second-order valence-electron chi connectivity index (χ2n) is 6.85. The smallest absolute Gasteiger partial charge is 0.221 e. The van der Waals surface area contributed by atoms with Gasteiger partial charge in [0.15, 0.2) is 5.96 Å². The summed E-state index contributed by atoms with van der Waals surface area (Å²) in [6.45, 7) is 6.87. The van der Waals surface area contributed by atoms with Gasteiger partial charge in [0.05, 0.1) is 17.5 Å². The van der Waals surface area contributed by atoms with Crippen LogP contribution in [0, 0.1) is 5.92 Å². The Balaban J connectivity index is 0.00000392. The van der Waals surface area contributed by atoms with Crippen LogP contribution < -0.4 is 16.4 Å². The molecule has 0 radical (unpaired) electrons. The van der Waals surface area contributed by atoms with Crippen LogP contribution in [-0.4, -0.2) is 54.1 Å². The van der Waals surface area contributed by atoms with Crippen molar-refractivity contribution in [3.63, 3.8) is 0 Å². The molecule has 2 rings (SSSR count). The molecule has 0 spiro atoms. The third-order valence-corrected chi connectivity index (χ3v) is 5.65. The zero-order valence-electron chi connectivity index (χ0n) is 16.5. The van der Waals surface area contributed by atoms with Crippen molar-refractivity contribution in [1.29, 1.82) is 0 Å². The van der Waals surface area contributed by atoms with Gasteiger partial charge in [-0.3, -0.25) is 4.79 Å². The summed E-state index contributed by atoms with van der Waals surface area (Å²) in [6.07, 6.45) is 2.92. The Kier molecular flexibility index (Phi) is 11.5. The number of rotatable bonds is 8. The van der Waals surface area contributed by atoms with Crippen LogP contribution in [0.5, 0.6) is 0 Å². The number of piperidine rings is 1. The van der Waals surface area contributed by atoms with Crippen molar-refractivity contribution >= 4 is 59.0 Å². The van der Waals surface area contributed by atoms with Gasteiger partial charge < -0.3 is 25.8 Å². The average molecular weight is 545 g/mol. The Bertz CT molecular complexity index is 667. The highest BCUT2D eigenvalue weighted by atomic mass is 127. The molecule has 1 saturated heterocycles. The van der Waals surface area contributed by atoms with Crippen molar-refractivity contribution in [2.45, 2.75) is 32.7 Å². The molecule has 1 atom stereocenters. The van der Waals surface area contributed by atoms with E-state index in [1.54, 1.807) is 0 Å². The molecule has 0 saturated carbocycles. The standard InChI is InChI=1S/C18H30Cl2N6O.HI/c1-3-22-18(24-11-14-10-15(19)16(20)25(14)2)23-7-5-9-26-8-4-6-13(12-26)17(21)27;/h10,13H,3-9,11-12H2,1-2H3,(H2,21,27)(H2,22,23,24);1H. The first-order valence-electron chi connectivity index (χ1n) is 9.45. The van der Waals surface area contributed by atoms with Gasteiger partial charge in [0.1, 0.15) is 5.15 Å². The highest BCUT2D eigenvalue weighted by Gasteiger charge is 2.23. The third-order valence-electron chi connectivity index (χ3n) is 4.81. The summed E-state index contributed by atoms with van der Waals surface area (Å²) in [5.41, 5.74) is 6.39. The van der Waals surface area contributed by atoms with Gasteiger partial charge in [-0.05, 0) is 45.3 Å². The number of likely N-dealkylation sites (tertiary alicyclic amines) is 1. The summed E-state index contributed by atoms with van der Waals surface area (Å²) >= 11 is 12.1. The number of halogens is 3. The lowest BCUT2D eigenvalue weighted by Crippen LogP contribution is -2.43. The van der Waals surface area contributed by atoms with Gasteiger partial charge in [0.2, 0.25) is 5.91 Å². The van der Waals surface area contributed by atoms with Gasteiger partial charge >= 0.3 is 0 Å². The van der Waals surface area contributed by atoms with Gasteiger partial charge in [-0.2, -0.15) is 0 Å². The largest absolute Gasteiger partial charge is 0.369 e. The number of hydrogen-bond acceptors (Lipinski definition) is 3. The van der Waals surface area contributed by atoms with E-state index in [9.17, 15) is 4.79 Å². The van der Waals surface area contributed by atoms with Crippen molar-refractivity contribution in [1.82, 2.24) is 20.1 Å². The van der Waals surface area contributed by atoms with Crippen molar-refractivity contribution in [3.8, 4) is 0 Å². The van der Waals surface area contributed by atoms with Crippen LogP contribution in [0.4, 0.5) is 0 Å². The quantitative estimate of drug-likeness (QED) is 0.203. The summed E-state index contributed by atoms with van der Waals surface area (Å²) in [6, 6.07) is 1.84. The number of guanidine groups is 1. The molecule has 7 nitrogen and oxygen atoms in total. The van der Waals surface area contributed by atoms with Crippen LogP contribution in [0.25, 0.3) is 0 Å². The van der Waals surface area contributed by atoms with Gasteiger partial charge in [-0.15, -0.1) is 24.0 Å². The first-order valence-corrected chi connectivity index (χ1v) is 10.2. The Morgan fingerprint density at radius 2 is 2.14 bits per heavy atom. The number of amides is 1. The Morgan fingerprint density at radius 3 is 2.75 bits per heavy atom. The van der Waals surface area contributed by atoms with E-state index in [2.05, 4.69) is 20.5 Å². The fraction of sp³-hybridized carbons (Fsp3) is 0.667. The Labute approximate surface area is 194 Å². The number of nitrogens with one attached hydrogen (secondary N) is 2. The van der Waals surface area contributed by atoms with Gasteiger partial charge in [0.25, 0.3) is 0 Å². The molecule has 1 fully saturated rings. The predicted molar refractivity (Wildman–Crippen MR) is 127 cm³/mol. The lowest BCUT2D eigenvalue weighted by atomic mass is 9.97. The lowest BCUT2D eigenvalue weighted by Gasteiger charge is -2.31. The molecule has 10 heteroatoms. The number of aromatic nitrogens is 1. The number of hydrogen-bond donors (Lipinski definition) is 3. The zero-order chi connectivity index (χ0) is 19.8. The van der Waals surface area contributed by atoms with Gasteiger partial charge in [-0.1, -0.05) is 23.2 Å². The van der Waals surface area contributed by atoms with E-state index in [0.717, 1.165) is 63.6 Å². The van der Waals surface area contributed by atoms with Crippen molar-refractivity contribution < 1.29 is 4.79 Å². The molecule has 0 bridgehead atoms. The fourth-order valence-electron chi connectivity index (χ4n) is 3.24. The summed E-state index contributed by atoms with van der Waals surface area (Å²) in [4.78, 5) is 18.3. The molecule has 2 heterocycles. The van der Waals surface area contributed by atoms with E-state index >= 15 is 0 Å². The summed E-state index contributed by atoms with van der Waals surface area (Å²) < 4.78 is 1.84. The molecule has 0 aromatic carbocycles. The SMILES string of the molecule is CCNC(=NCc1cc(Cl)c(Cl)n1C)NCCCN1CCCC(C(N)=O)C1.I. The highest BCUT2D eigenvalue weighted by Crippen LogP contribution is 2.25. The van der Waals surface area contributed by atoms with Crippen LogP contribution in [-0.2, 0) is 18.4 Å². The van der Waals surface area contributed by atoms with Crippen LogP contribution in [0.15, 0.2) is 11.1 Å². The number of carbonyl (C=O) groups is 1. The maximum absolute atomic E-state index is 11.4. The van der Waals surface area contributed by atoms with Gasteiger partial charge in [-0.25, -0.2) is 4.99 Å². The number of nitrogens with two attached hydrogens (primary N) is 1. The van der Waals surface area contributed by atoms with E-state index in [0.29, 0.717) is 16.7 Å². The molecule has 1 aliphatic heterocycles. The molecular formula is C18H31Cl2IN6O. The number of nitrogens with zero attached hydrogens (tertiary/aromatic N) is 3. The van der Waals surface area contributed by atoms with E-state index in [1.165, 1.54) is 0 Å². The number of aliphatic imine (C=N–C) groups is 1. The third kappa shape index (κ3) is 7.61. The molecule has 1 unspecified atom stereocenters. The van der Waals surface area contributed by atoms with Crippen LogP contribution in [0.1, 0.15) is 31.9 Å². The Hall–Kier alpha value is -0.710. The molecular weight excluding hydrogens is 514 g/mol. The van der Waals surface area contributed by atoms with Crippen molar-refractivity contribution in [3.05, 3.63) is 21.9 Å². The predicted octanol–water partition coefficient (Wildman–Crippen LogP) is 2.59. The van der Waals surface area contributed by atoms with Crippen molar-refractivity contribution in [2.75, 3.05) is 32.7 Å². The fourth-order valence-corrected chi connectivity index (χ4v) is 3.66. The minimum Gasteiger partial charge on any atom is -0.369 e. The normalized spacial score (nSPS) is 17.9. The van der Waals surface area contributed by atoms with Crippen LogP contribution in [0.3, 0.4) is 0 Å². The van der Waals surface area contributed by atoms with Crippen LogP contribution in [0.2, 0.25) is 10.2 Å². The topological polar surface area (TPSA) is 87.7 Å². The summed E-state index contributed by atoms with van der Waals surface area (Å²) in [5, 5.41) is 7.66. The lowest BCUT2D eigenvalue weighted by molar-refractivity contribution is -0.123. The summed E-state index contributed by atoms with van der Waals surface area (Å²) in [7, 11) is 1.87. The van der Waals surface area contributed by atoms with E-state index in [-0.39, 0.29) is 35.8 Å². The van der Waals surface area contributed by atoms with Crippen molar-refractivity contribution in [2.24, 2.45) is 23.7 Å². The molecule has 1 aliphatic rings. The number of carbonyl (C=O) groups excluding carboxylic acids is 1. The molecule has 4 N–H and O–H groups in total. The highest BCUT2D eigenvalue weighted by molar-refractivity contribution is 14.0. The first-order chi connectivity index (χ1) is 12.9. The molecule has 1 amide bonds. The zero-order valence-corrected chi connectivity index (χ0v) is 20.4. The Morgan fingerprint density at radius 1 is 1.39 bits per heavy atom. The molecule has 28 heavy (non-hydrogen) atoms. The minimum atomic E-state index is -0.180. The molecule has 160 valence electrons. The minimum absolute atomic E-state index is 0. The molecule has 1 aromatic heterocycles. The van der Waals surface area contributed by atoms with Gasteiger partial charge in [0, 0.05) is 32.4 Å². The maximum Gasteiger partial charge on any atom is 0.221 e. The number of primary amides is 1. The second-order valence-corrected chi connectivity index (χ2v) is 7.62. The molecule has 0 aliphatic carbocycles.